The molecular formula is C12H22. The second-order valence-corrected chi connectivity index (χ2v) is 4.42. The summed E-state index contributed by atoms with van der Waals surface area (Å²) in [5.74, 6) is 1.80. The molecule has 12 heavy (non-hydrogen) atoms. The molecule has 0 nitrogen and oxygen atoms in total. The maximum absolute atomic E-state index is 2.46. The second kappa shape index (κ2) is 4.69. The maximum atomic E-state index is 2.46. The summed E-state index contributed by atoms with van der Waals surface area (Å²) in [7, 11) is 0. The van der Waals surface area contributed by atoms with Crippen LogP contribution in [0.5, 0.6) is 0 Å². The van der Waals surface area contributed by atoms with Crippen molar-refractivity contribution in [2.24, 2.45) is 11.8 Å². The zero-order chi connectivity index (χ0) is 8.97. The van der Waals surface area contributed by atoms with E-state index in [1.165, 1.54) is 32.1 Å². The van der Waals surface area contributed by atoms with Gasteiger partial charge >= 0.3 is 0 Å². The van der Waals surface area contributed by atoms with Crippen molar-refractivity contribution < 1.29 is 0 Å². The van der Waals surface area contributed by atoms with Gasteiger partial charge in [0.25, 0.3) is 0 Å². The van der Waals surface area contributed by atoms with Crippen molar-refractivity contribution in [3.63, 3.8) is 0 Å². The zero-order valence-electron chi connectivity index (χ0n) is 8.77. The summed E-state index contributed by atoms with van der Waals surface area (Å²) in [6.07, 6.45) is 9.39. The molecule has 0 heteroatoms. The van der Waals surface area contributed by atoms with Gasteiger partial charge in [0.2, 0.25) is 0 Å². The molecule has 0 aliphatic heterocycles. The van der Waals surface area contributed by atoms with E-state index < -0.39 is 0 Å². The van der Waals surface area contributed by atoms with E-state index in [1.807, 2.05) is 0 Å². The number of allylic oxidation sites excluding steroid dienone is 2. The lowest BCUT2D eigenvalue weighted by Crippen LogP contribution is -1.87. The van der Waals surface area contributed by atoms with Crippen LogP contribution in [0.15, 0.2) is 11.6 Å². The van der Waals surface area contributed by atoms with Gasteiger partial charge in [0.15, 0.2) is 0 Å². The molecule has 1 aliphatic carbocycles. The van der Waals surface area contributed by atoms with Crippen LogP contribution in [0.25, 0.3) is 0 Å². The van der Waals surface area contributed by atoms with Gasteiger partial charge in [-0.3, -0.25) is 0 Å². The summed E-state index contributed by atoms with van der Waals surface area (Å²) in [4.78, 5) is 0. The summed E-state index contributed by atoms with van der Waals surface area (Å²) < 4.78 is 0. The molecule has 0 saturated heterocycles. The topological polar surface area (TPSA) is 0 Å². The zero-order valence-corrected chi connectivity index (χ0v) is 8.77. The Bertz CT molecular complexity index is 153. The standard InChI is InChI=1S/C12H22/c1-4-6-11-9-12(11)8-5-7-10(2)3/h9-11H,4-8H2,1-3H3. The van der Waals surface area contributed by atoms with Crippen LogP contribution in [0.1, 0.15) is 52.9 Å². The first-order valence-corrected chi connectivity index (χ1v) is 5.44. The van der Waals surface area contributed by atoms with Gasteiger partial charge in [0.1, 0.15) is 0 Å². The molecule has 0 spiro atoms. The first kappa shape index (κ1) is 9.83. The first-order valence-electron chi connectivity index (χ1n) is 5.44. The molecule has 0 bridgehead atoms. The van der Waals surface area contributed by atoms with Crippen LogP contribution in [0.2, 0.25) is 0 Å². The van der Waals surface area contributed by atoms with Crippen LogP contribution in [0.3, 0.4) is 0 Å². The van der Waals surface area contributed by atoms with Crippen LogP contribution in [-0.4, -0.2) is 0 Å². The van der Waals surface area contributed by atoms with Crippen LogP contribution in [0.4, 0.5) is 0 Å². The predicted octanol–water partition coefficient (Wildman–Crippen LogP) is 4.17. The smallest absolute Gasteiger partial charge is 0.00203 e. The molecule has 1 atom stereocenters. The lowest BCUT2D eigenvalue weighted by atomic mass is 10.0. The second-order valence-electron chi connectivity index (χ2n) is 4.42. The molecule has 70 valence electrons. The number of hydrogen-bond donors (Lipinski definition) is 0. The Hall–Kier alpha value is -0.260. The van der Waals surface area contributed by atoms with E-state index >= 15 is 0 Å². The molecule has 1 aliphatic rings. The van der Waals surface area contributed by atoms with Crippen molar-refractivity contribution in [1.29, 1.82) is 0 Å². The van der Waals surface area contributed by atoms with E-state index in [2.05, 4.69) is 26.8 Å². The summed E-state index contributed by atoms with van der Waals surface area (Å²) in [5, 5.41) is 0. The van der Waals surface area contributed by atoms with Crippen molar-refractivity contribution in [2.45, 2.75) is 52.9 Å². The highest BCUT2D eigenvalue weighted by Crippen LogP contribution is 2.36. The van der Waals surface area contributed by atoms with Crippen LogP contribution in [-0.2, 0) is 0 Å². The summed E-state index contributed by atoms with van der Waals surface area (Å²) in [6.45, 7) is 6.90. The molecule has 0 aromatic rings. The molecule has 0 aromatic carbocycles. The van der Waals surface area contributed by atoms with E-state index in [9.17, 15) is 0 Å². The van der Waals surface area contributed by atoms with Crippen molar-refractivity contribution >= 4 is 0 Å². The third-order valence-corrected chi connectivity index (χ3v) is 2.63. The molecule has 0 fully saturated rings. The minimum atomic E-state index is 0.883. The van der Waals surface area contributed by atoms with Gasteiger partial charge < -0.3 is 0 Å². The van der Waals surface area contributed by atoms with Crippen molar-refractivity contribution in [3.8, 4) is 0 Å². The summed E-state index contributed by atoms with van der Waals surface area (Å²) >= 11 is 0. The Kier molecular flexibility index (Phi) is 3.84. The average molecular weight is 166 g/mol. The van der Waals surface area contributed by atoms with Crippen molar-refractivity contribution in [3.05, 3.63) is 11.6 Å². The van der Waals surface area contributed by atoms with E-state index in [0.29, 0.717) is 0 Å². The lowest BCUT2D eigenvalue weighted by molar-refractivity contribution is 0.551. The fraction of sp³-hybridized carbons (Fsp3) is 0.833. The van der Waals surface area contributed by atoms with Gasteiger partial charge in [-0.25, -0.2) is 0 Å². The SMILES string of the molecule is CCCC1C=C1CCCC(C)C. The van der Waals surface area contributed by atoms with Gasteiger partial charge in [-0.05, 0) is 31.1 Å². The summed E-state index contributed by atoms with van der Waals surface area (Å²) in [6, 6.07) is 0. The highest BCUT2D eigenvalue weighted by molar-refractivity contribution is 5.28. The Morgan fingerprint density at radius 1 is 1.42 bits per heavy atom. The minimum Gasteiger partial charge on any atom is -0.0775 e. The minimum absolute atomic E-state index is 0.883. The lowest BCUT2D eigenvalue weighted by Gasteiger charge is -2.02. The summed E-state index contributed by atoms with van der Waals surface area (Å²) in [5.41, 5.74) is 1.75. The Balaban J connectivity index is 1.93. The fourth-order valence-corrected chi connectivity index (χ4v) is 1.77. The molecule has 0 N–H and O–H groups in total. The predicted molar refractivity (Wildman–Crippen MR) is 55.2 cm³/mol. The van der Waals surface area contributed by atoms with Gasteiger partial charge in [-0.2, -0.15) is 0 Å². The monoisotopic (exact) mass is 166 g/mol. The highest BCUT2D eigenvalue weighted by atomic mass is 14.3. The number of rotatable bonds is 6. The van der Waals surface area contributed by atoms with Gasteiger partial charge in [0.05, 0.1) is 0 Å². The van der Waals surface area contributed by atoms with Crippen LogP contribution in [0, 0.1) is 11.8 Å². The molecule has 0 radical (unpaired) electrons. The van der Waals surface area contributed by atoms with Crippen LogP contribution >= 0.6 is 0 Å². The third-order valence-electron chi connectivity index (χ3n) is 2.63. The molecular weight excluding hydrogens is 144 g/mol. The van der Waals surface area contributed by atoms with E-state index in [1.54, 1.807) is 5.57 Å². The molecule has 1 unspecified atom stereocenters. The highest BCUT2D eigenvalue weighted by Gasteiger charge is 2.21. The Labute approximate surface area is 77.1 Å². The van der Waals surface area contributed by atoms with Crippen molar-refractivity contribution in [2.75, 3.05) is 0 Å². The Morgan fingerprint density at radius 3 is 2.75 bits per heavy atom. The van der Waals surface area contributed by atoms with Gasteiger partial charge in [-0.1, -0.05) is 45.3 Å². The van der Waals surface area contributed by atoms with E-state index in [4.69, 9.17) is 0 Å². The van der Waals surface area contributed by atoms with Crippen LogP contribution < -0.4 is 0 Å². The molecule has 1 rings (SSSR count). The molecule has 0 aromatic heterocycles. The first-order chi connectivity index (χ1) is 5.74. The van der Waals surface area contributed by atoms with E-state index in [-0.39, 0.29) is 0 Å². The normalized spacial score (nSPS) is 21.3. The number of hydrogen-bond acceptors (Lipinski definition) is 0. The maximum Gasteiger partial charge on any atom is -0.00203 e. The Morgan fingerprint density at radius 2 is 2.17 bits per heavy atom. The van der Waals surface area contributed by atoms with Crippen molar-refractivity contribution in [1.82, 2.24) is 0 Å². The average Bonchev–Trinajstić information content (AvgIpc) is 2.68. The fourth-order valence-electron chi connectivity index (χ4n) is 1.77. The quantitative estimate of drug-likeness (QED) is 0.519. The molecule has 0 amide bonds. The molecule has 0 heterocycles. The largest absolute Gasteiger partial charge is 0.0775 e. The van der Waals surface area contributed by atoms with E-state index in [0.717, 1.165) is 11.8 Å². The van der Waals surface area contributed by atoms with Gasteiger partial charge in [0, 0.05) is 0 Å². The molecule has 0 saturated carbocycles. The van der Waals surface area contributed by atoms with Gasteiger partial charge in [-0.15, -0.1) is 0 Å². The third kappa shape index (κ3) is 3.42.